The molecule has 0 aromatic heterocycles. The van der Waals surface area contributed by atoms with E-state index < -0.39 is 11.9 Å². The zero-order valence-electron chi connectivity index (χ0n) is 8.96. The van der Waals surface area contributed by atoms with Crippen molar-refractivity contribution in [1.29, 1.82) is 0 Å². The fraction of sp³-hybridized carbons (Fsp3) is 0.667. The normalized spacial score (nSPS) is 9.20. The summed E-state index contributed by atoms with van der Waals surface area (Å²) < 4.78 is 4.18. The molecule has 0 rings (SSSR count). The first-order valence-corrected chi connectivity index (χ1v) is 4.74. The van der Waals surface area contributed by atoms with Crippen molar-refractivity contribution in [2.75, 3.05) is 20.2 Å². The van der Waals surface area contributed by atoms with Gasteiger partial charge in [0.2, 0.25) is 5.91 Å². The molecule has 0 bridgehead atoms. The van der Waals surface area contributed by atoms with E-state index in [9.17, 15) is 14.4 Å². The van der Waals surface area contributed by atoms with Gasteiger partial charge in [-0.2, -0.15) is 0 Å². The highest BCUT2D eigenvalue weighted by Gasteiger charge is 2.12. The minimum atomic E-state index is -0.955. The summed E-state index contributed by atoms with van der Waals surface area (Å²) >= 11 is 0. The molecule has 6 heteroatoms. The summed E-state index contributed by atoms with van der Waals surface area (Å²) in [7, 11) is 1.12. The minimum Gasteiger partial charge on any atom is -0.462 e. The number of hydrogen-bond donors (Lipinski definition) is 2. The molecule has 0 saturated carbocycles. The Morgan fingerprint density at radius 1 is 1.13 bits per heavy atom. The Bertz CT molecular complexity index is 240. The molecule has 0 heterocycles. The van der Waals surface area contributed by atoms with Crippen LogP contribution in [0.2, 0.25) is 0 Å². The van der Waals surface area contributed by atoms with Crippen LogP contribution in [-0.2, 0) is 19.1 Å². The maximum Gasteiger partial charge on any atom is 0.396 e. The van der Waals surface area contributed by atoms with Crippen molar-refractivity contribution < 1.29 is 19.1 Å². The monoisotopic (exact) mass is 216 g/mol. The predicted molar refractivity (Wildman–Crippen MR) is 52.9 cm³/mol. The SMILES string of the molecule is CCCNC(=O)CCNC(=O)C(=O)OC. The first-order chi connectivity index (χ1) is 7.11. The van der Waals surface area contributed by atoms with Crippen molar-refractivity contribution in [1.82, 2.24) is 10.6 Å². The quantitative estimate of drug-likeness (QED) is 0.465. The molecule has 0 aromatic carbocycles. The number of rotatable bonds is 5. The number of methoxy groups -OCH3 is 1. The lowest BCUT2D eigenvalue weighted by molar-refractivity contribution is -0.152. The molecule has 0 saturated heterocycles. The summed E-state index contributed by atoms with van der Waals surface area (Å²) in [6, 6.07) is 0. The van der Waals surface area contributed by atoms with Crippen molar-refractivity contribution >= 4 is 17.8 Å². The molecule has 0 unspecified atom stereocenters. The molecule has 0 aliphatic heterocycles. The molecule has 86 valence electrons. The summed E-state index contributed by atoms with van der Waals surface area (Å²) in [6.45, 7) is 2.69. The third-order valence-corrected chi connectivity index (χ3v) is 1.58. The van der Waals surface area contributed by atoms with Crippen LogP contribution in [-0.4, -0.2) is 38.0 Å². The Morgan fingerprint density at radius 2 is 1.80 bits per heavy atom. The van der Waals surface area contributed by atoms with E-state index in [1.807, 2.05) is 6.92 Å². The molecule has 2 N–H and O–H groups in total. The summed E-state index contributed by atoms with van der Waals surface area (Å²) in [4.78, 5) is 32.5. The van der Waals surface area contributed by atoms with E-state index in [-0.39, 0.29) is 18.9 Å². The van der Waals surface area contributed by atoms with Gasteiger partial charge in [0.1, 0.15) is 0 Å². The van der Waals surface area contributed by atoms with Crippen LogP contribution in [0.4, 0.5) is 0 Å². The van der Waals surface area contributed by atoms with Crippen LogP contribution in [0.1, 0.15) is 19.8 Å². The van der Waals surface area contributed by atoms with Crippen LogP contribution < -0.4 is 10.6 Å². The highest BCUT2D eigenvalue weighted by atomic mass is 16.5. The van der Waals surface area contributed by atoms with Crippen LogP contribution in [0.3, 0.4) is 0 Å². The number of nitrogens with one attached hydrogen (secondary N) is 2. The Kier molecular flexibility index (Phi) is 6.96. The molecule has 0 radical (unpaired) electrons. The molecule has 15 heavy (non-hydrogen) atoms. The van der Waals surface area contributed by atoms with E-state index in [0.717, 1.165) is 13.5 Å². The fourth-order valence-electron chi connectivity index (χ4n) is 0.807. The summed E-state index contributed by atoms with van der Waals surface area (Å²) in [6.07, 6.45) is 1.02. The second-order valence-electron chi connectivity index (χ2n) is 2.85. The number of ether oxygens (including phenoxy) is 1. The number of hydrogen-bond acceptors (Lipinski definition) is 4. The van der Waals surface area contributed by atoms with Crippen molar-refractivity contribution in [3.05, 3.63) is 0 Å². The van der Waals surface area contributed by atoms with Crippen LogP contribution >= 0.6 is 0 Å². The number of carbonyl (C=O) groups excluding carboxylic acids is 3. The number of carbonyl (C=O) groups is 3. The molecule has 0 aliphatic rings. The molecule has 0 aliphatic carbocycles. The average molecular weight is 216 g/mol. The molecule has 6 nitrogen and oxygen atoms in total. The van der Waals surface area contributed by atoms with Gasteiger partial charge in [-0.05, 0) is 6.42 Å². The maximum atomic E-state index is 11.0. The van der Waals surface area contributed by atoms with Crippen molar-refractivity contribution in [3.8, 4) is 0 Å². The van der Waals surface area contributed by atoms with Gasteiger partial charge in [-0.3, -0.25) is 9.59 Å². The zero-order valence-corrected chi connectivity index (χ0v) is 8.96. The second-order valence-corrected chi connectivity index (χ2v) is 2.85. The molecule has 0 aromatic rings. The Labute approximate surface area is 88.4 Å². The fourth-order valence-corrected chi connectivity index (χ4v) is 0.807. The smallest absolute Gasteiger partial charge is 0.396 e. The first-order valence-electron chi connectivity index (χ1n) is 4.74. The topological polar surface area (TPSA) is 84.5 Å². The predicted octanol–water partition coefficient (Wildman–Crippen LogP) is -0.808. The lowest BCUT2D eigenvalue weighted by Gasteiger charge is -2.04. The highest BCUT2D eigenvalue weighted by Crippen LogP contribution is 1.80. The maximum absolute atomic E-state index is 11.0. The Morgan fingerprint density at radius 3 is 2.33 bits per heavy atom. The number of esters is 1. The van der Waals surface area contributed by atoms with E-state index in [0.29, 0.717) is 6.54 Å². The summed E-state index contributed by atoms with van der Waals surface area (Å²) in [5.74, 6) is -1.94. The molecular formula is C9H16N2O4. The summed E-state index contributed by atoms with van der Waals surface area (Å²) in [5.41, 5.74) is 0. The third-order valence-electron chi connectivity index (χ3n) is 1.58. The van der Waals surface area contributed by atoms with Crippen molar-refractivity contribution in [2.24, 2.45) is 0 Å². The average Bonchev–Trinajstić information content (AvgIpc) is 2.24. The Balaban J connectivity index is 3.57. The van der Waals surface area contributed by atoms with Gasteiger partial charge in [0.25, 0.3) is 0 Å². The van der Waals surface area contributed by atoms with Gasteiger partial charge in [-0.1, -0.05) is 6.92 Å². The van der Waals surface area contributed by atoms with Gasteiger partial charge >= 0.3 is 11.9 Å². The van der Waals surface area contributed by atoms with E-state index in [1.54, 1.807) is 0 Å². The lowest BCUT2D eigenvalue weighted by atomic mass is 10.3. The van der Waals surface area contributed by atoms with Crippen LogP contribution in [0.25, 0.3) is 0 Å². The third kappa shape index (κ3) is 6.48. The van der Waals surface area contributed by atoms with E-state index in [2.05, 4.69) is 15.4 Å². The van der Waals surface area contributed by atoms with Gasteiger partial charge < -0.3 is 15.4 Å². The van der Waals surface area contributed by atoms with Crippen molar-refractivity contribution in [2.45, 2.75) is 19.8 Å². The summed E-state index contributed by atoms with van der Waals surface area (Å²) in [5, 5.41) is 4.91. The van der Waals surface area contributed by atoms with E-state index >= 15 is 0 Å². The van der Waals surface area contributed by atoms with Crippen molar-refractivity contribution in [3.63, 3.8) is 0 Å². The van der Waals surface area contributed by atoms with Gasteiger partial charge in [0.15, 0.2) is 0 Å². The standard InChI is InChI=1S/C9H16N2O4/c1-3-5-10-7(12)4-6-11-8(13)9(14)15-2/h3-6H2,1-2H3,(H,10,12)(H,11,13). The molecule has 0 fully saturated rings. The van der Waals surface area contributed by atoms with Crippen LogP contribution in [0, 0.1) is 0 Å². The van der Waals surface area contributed by atoms with Gasteiger partial charge in [0, 0.05) is 19.5 Å². The van der Waals surface area contributed by atoms with Gasteiger partial charge in [-0.25, -0.2) is 4.79 Å². The zero-order chi connectivity index (χ0) is 11.7. The van der Waals surface area contributed by atoms with Crippen LogP contribution in [0.15, 0.2) is 0 Å². The second kappa shape index (κ2) is 7.78. The van der Waals surface area contributed by atoms with E-state index in [1.165, 1.54) is 0 Å². The molecular weight excluding hydrogens is 200 g/mol. The minimum absolute atomic E-state index is 0.128. The van der Waals surface area contributed by atoms with Crippen LogP contribution in [0.5, 0.6) is 0 Å². The van der Waals surface area contributed by atoms with E-state index in [4.69, 9.17) is 0 Å². The molecule has 0 atom stereocenters. The highest BCUT2D eigenvalue weighted by molar-refractivity contribution is 6.32. The van der Waals surface area contributed by atoms with Gasteiger partial charge in [0.05, 0.1) is 7.11 Å². The molecule has 2 amide bonds. The van der Waals surface area contributed by atoms with Gasteiger partial charge in [-0.15, -0.1) is 0 Å². The molecule has 0 spiro atoms. The largest absolute Gasteiger partial charge is 0.462 e. The lowest BCUT2D eigenvalue weighted by Crippen LogP contribution is -2.35. The first kappa shape index (κ1) is 13.4. The Hall–Kier alpha value is -1.59. The number of amides is 2.